The molecule has 260 valence electrons. The summed E-state index contributed by atoms with van der Waals surface area (Å²) in [6, 6.07) is 0. The lowest BCUT2D eigenvalue weighted by molar-refractivity contribution is -0.123. The molecule has 0 aliphatic carbocycles. The Morgan fingerprint density at radius 1 is 0.628 bits per heavy atom. The molecule has 2 unspecified atom stereocenters. The molecule has 0 rings (SSSR count). The van der Waals surface area contributed by atoms with E-state index in [4.69, 9.17) is 9.47 Å². The van der Waals surface area contributed by atoms with E-state index in [-0.39, 0.29) is 11.7 Å². The average molecular weight is 636 g/mol. The summed E-state index contributed by atoms with van der Waals surface area (Å²) in [5.41, 5.74) is 0. The zero-order valence-electron chi connectivity index (χ0n) is 28.9. The van der Waals surface area contributed by atoms with E-state index in [1.54, 1.807) is 12.5 Å². The van der Waals surface area contributed by atoms with Gasteiger partial charge in [0.25, 0.3) is 0 Å². The highest BCUT2D eigenvalue weighted by Gasteiger charge is 2.28. The molecule has 2 atom stereocenters. The topological polar surface area (TPSA) is 99.5 Å². The molecule has 0 radical (unpaired) electrons. The maximum absolute atomic E-state index is 12.8. The first-order valence-electron chi connectivity index (χ1n) is 18.0. The molecular weight excluding hydrogens is 562 g/mol. The van der Waals surface area contributed by atoms with Crippen LogP contribution in [0.2, 0.25) is 0 Å². The Bertz CT molecular complexity index is 603. The molecule has 0 amide bonds. The summed E-state index contributed by atoms with van der Waals surface area (Å²) >= 11 is 0. The predicted octanol–water partition coefficient (Wildman–Crippen LogP) is 8.69. The van der Waals surface area contributed by atoms with Gasteiger partial charge in [0.1, 0.15) is 6.10 Å². The number of nitrogens with zero attached hydrogens (tertiary/aromatic N) is 1. The van der Waals surface area contributed by atoms with Crippen LogP contribution in [0, 0.1) is 0 Å². The highest BCUT2D eigenvalue weighted by molar-refractivity contribution is 8.40. The van der Waals surface area contributed by atoms with E-state index in [2.05, 4.69) is 18.7 Å². The van der Waals surface area contributed by atoms with E-state index in [9.17, 15) is 19.6 Å². The van der Waals surface area contributed by atoms with Crippen LogP contribution in [0.5, 0.6) is 0 Å². The smallest absolute Gasteiger partial charge is 0.221 e. The lowest BCUT2D eigenvalue weighted by Crippen LogP contribution is -2.29. The van der Waals surface area contributed by atoms with Crippen LogP contribution in [0.4, 0.5) is 0 Å². The van der Waals surface area contributed by atoms with Gasteiger partial charge in [0.2, 0.25) is 5.12 Å². The standard InChI is InChI=1S/C35H73NO6S/c1-5-7-9-11-13-23-31-41-33(35(39)43(3,4)40)25-17-15-19-27-36(29-21-22-30-37)28-20-16-18-26-34(38)42-32-24-14-12-10-8-6-2/h33-34,37-38,40H,5-32H2,1-4H3. The van der Waals surface area contributed by atoms with Crippen LogP contribution in [0.3, 0.4) is 0 Å². The van der Waals surface area contributed by atoms with Crippen LogP contribution < -0.4 is 0 Å². The van der Waals surface area contributed by atoms with Crippen LogP contribution in [0.1, 0.15) is 155 Å². The van der Waals surface area contributed by atoms with E-state index in [0.29, 0.717) is 26.1 Å². The van der Waals surface area contributed by atoms with Gasteiger partial charge in [-0.3, -0.25) is 4.79 Å². The molecule has 7 nitrogen and oxygen atoms in total. The summed E-state index contributed by atoms with van der Waals surface area (Å²) in [5.74, 6) is 0. The largest absolute Gasteiger partial charge is 0.396 e. The second-order valence-electron chi connectivity index (χ2n) is 12.8. The van der Waals surface area contributed by atoms with Crippen LogP contribution in [0.25, 0.3) is 0 Å². The number of ether oxygens (including phenoxy) is 2. The fraction of sp³-hybridized carbons (Fsp3) is 0.971. The van der Waals surface area contributed by atoms with Gasteiger partial charge in [-0.15, -0.1) is 0 Å². The van der Waals surface area contributed by atoms with Crippen molar-refractivity contribution >= 4 is 15.4 Å². The van der Waals surface area contributed by atoms with Gasteiger partial charge < -0.3 is 29.1 Å². The van der Waals surface area contributed by atoms with Crippen molar-refractivity contribution in [2.75, 3.05) is 52.0 Å². The molecule has 0 heterocycles. The lowest BCUT2D eigenvalue weighted by Gasteiger charge is -2.27. The van der Waals surface area contributed by atoms with Crippen LogP contribution in [0.15, 0.2) is 0 Å². The van der Waals surface area contributed by atoms with Gasteiger partial charge in [-0.2, -0.15) is 0 Å². The highest BCUT2D eigenvalue weighted by atomic mass is 32.3. The molecule has 8 heteroatoms. The third-order valence-electron chi connectivity index (χ3n) is 8.13. The summed E-state index contributed by atoms with van der Waals surface area (Å²) in [6.45, 7) is 8.98. The molecule has 0 bridgehead atoms. The Hall–Kier alpha value is -0.220. The molecule has 3 N–H and O–H groups in total. The maximum atomic E-state index is 12.8. The second-order valence-corrected chi connectivity index (χ2v) is 15.7. The van der Waals surface area contributed by atoms with E-state index >= 15 is 0 Å². The van der Waals surface area contributed by atoms with E-state index in [1.807, 2.05) is 0 Å². The Labute approximate surface area is 268 Å². The van der Waals surface area contributed by atoms with Crippen LogP contribution in [-0.2, 0) is 14.3 Å². The number of rotatable bonds is 33. The molecule has 0 aromatic carbocycles. The third-order valence-corrected chi connectivity index (χ3v) is 9.38. The maximum Gasteiger partial charge on any atom is 0.221 e. The fourth-order valence-electron chi connectivity index (χ4n) is 5.34. The molecule has 0 aromatic rings. The Morgan fingerprint density at radius 3 is 1.58 bits per heavy atom. The zero-order chi connectivity index (χ0) is 32.0. The van der Waals surface area contributed by atoms with E-state index in [0.717, 1.165) is 90.3 Å². The van der Waals surface area contributed by atoms with Gasteiger partial charge in [0.15, 0.2) is 6.29 Å². The van der Waals surface area contributed by atoms with Gasteiger partial charge in [-0.1, -0.05) is 108 Å². The average Bonchev–Trinajstić information content (AvgIpc) is 2.97. The van der Waals surface area contributed by atoms with Crippen molar-refractivity contribution in [1.82, 2.24) is 4.90 Å². The molecular formula is C35H73NO6S. The zero-order valence-corrected chi connectivity index (χ0v) is 29.7. The minimum absolute atomic E-state index is 0.123. The minimum Gasteiger partial charge on any atom is -0.396 e. The van der Waals surface area contributed by atoms with E-state index < -0.39 is 22.7 Å². The number of unbranched alkanes of at least 4 members (excludes halogenated alkanes) is 15. The van der Waals surface area contributed by atoms with Crippen molar-refractivity contribution < 1.29 is 29.0 Å². The summed E-state index contributed by atoms with van der Waals surface area (Å²) in [6.07, 6.45) is 26.0. The quantitative estimate of drug-likeness (QED) is 0.0490. The number of hydrogen-bond acceptors (Lipinski definition) is 7. The van der Waals surface area contributed by atoms with Crippen molar-refractivity contribution in [2.24, 2.45) is 0 Å². The lowest BCUT2D eigenvalue weighted by atomic mass is 10.1. The number of carbonyl (C=O) groups is 1. The van der Waals surface area contributed by atoms with Gasteiger partial charge in [0, 0.05) is 19.8 Å². The van der Waals surface area contributed by atoms with Gasteiger partial charge in [-0.25, -0.2) is 0 Å². The highest BCUT2D eigenvalue weighted by Crippen LogP contribution is 2.38. The normalized spacial score (nSPS) is 14.0. The number of aliphatic hydroxyl groups excluding tert-OH is 2. The van der Waals surface area contributed by atoms with Gasteiger partial charge in [-0.05, 0) is 89.9 Å². The summed E-state index contributed by atoms with van der Waals surface area (Å²) in [7, 11) is -2.27. The number of aliphatic hydroxyl groups is 2. The van der Waals surface area contributed by atoms with Crippen molar-refractivity contribution in [3.05, 3.63) is 0 Å². The van der Waals surface area contributed by atoms with Crippen LogP contribution >= 0.6 is 10.3 Å². The van der Waals surface area contributed by atoms with Crippen molar-refractivity contribution in [3.8, 4) is 0 Å². The second kappa shape index (κ2) is 30.4. The molecule has 0 saturated carbocycles. The molecule has 0 aliphatic rings. The van der Waals surface area contributed by atoms with Crippen molar-refractivity contribution in [1.29, 1.82) is 0 Å². The SMILES string of the molecule is CCCCCCCCOC(O)CCCCCN(CCCCO)CCCCCC(OCCCCCCCC)C(=O)S(C)(C)O. The molecule has 0 fully saturated rings. The minimum atomic E-state index is -2.27. The van der Waals surface area contributed by atoms with Crippen molar-refractivity contribution in [3.63, 3.8) is 0 Å². The molecule has 0 spiro atoms. The Kier molecular flexibility index (Phi) is 30.3. The fourth-order valence-corrected chi connectivity index (χ4v) is 6.17. The molecule has 0 aromatic heterocycles. The summed E-state index contributed by atoms with van der Waals surface area (Å²) in [4.78, 5) is 15.3. The summed E-state index contributed by atoms with van der Waals surface area (Å²) in [5, 5.41) is 19.2. The molecule has 43 heavy (non-hydrogen) atoms. The monoisotopic (exact) mass is 636 g/mol. The first-order chi connectivity index (χ1) is 20.8. The first kappa shape index (κ1) is 42.8. The number of hydrogen-bond donors (Lipinski definition) is 3. The van der Waals surface area contributed by atoms with E-state index in [1.165, 1.54) is 57.8 Å². The predicted molar refractivity (Wildman–Crippen MR) is 185 cm³/mol. The third kappa shape index (κ3) is 27.8. The summed E-state index contributed by atoms with van der Waals surface area (Å²) < 4.78 is 22.0. The number of carbonyl (C=O) groups excluding carboxylic acids is 1. The first-order valence-corrected chi connectivity index (χ1v) is 20.4. The Morgan fingerprint density at radius 2 is 1.07 bits per heavy atom. The van der Waals surface area contributed by atoms with Crippen molar-refractivity contribution in [2.45, 2.75) is 167 Å². The van der Waals surface area contributed by atoms with Crippen LogP contribution in [-0.4, -0.2) is 89.1 Å². The van der Waals surface area contributed by atoms with Gasteiger partial charge in [0.05, 0.1) is 0 Å². The molecule has 0 saturated heterocycles. The van der Waals surface area contributed by atoms with Gasteiger partial charge >= 0.3 is 0 Å². The Balaban J connectivity index is 4.27. The molecule has 0 aliphatic heterocycles.